The Morgan fingerprint density at radius 3 is 0.906 bits per heavy atom. The zero-order valence-corrected chi connectivity index (χ0v) is 34.3. The van der Waals surface area contributed by atoms with E-state index >= 15 is 0 Å². The summed E-state index contributed by atoms with van der Waals surface area (Å²) in [5, 5.41) is 9.39. The van der Waals surface area contributed by atoms with Crippen LogP contribution >= 0.6 is 0 Å². The Hall–Kier alpha value is -8.81. The van der Waals surface area contributed by atoms with Crippen LogP contribution in [0.5, 0.6) is 0 Å². The number of hydrogen-bond acceptors (Lipinski definition) is 3. The van der Waals surface area contributed by atoms with E-state index in [-0.39, 0.29) is 0 Å². The number of aromatic nitrogens is 7. The lowest BCUT2D eigenvalue weighted by molar-refractivity contribution is 0.893. The molecule has 14 aromatic rings. The second-order valence-corrected chi connectivity index (χ2v) is 16.4. The van der Waals surface area contributed by atoms with Crippen molar-refractivity contribution in [3.63, 3.8) is 0 Å². The van der Waals surface area contributed by atoms with Gasteiger partial charge in [-0.3, -0.25) is 9.13 Å². The van der Waals surface area contributed by atoms with E-state index in [0.717, 1.165) is 82.6 Å². The molecule has 14 rings (SSSR count). The van der Waals surface area contributed by atoms with Gasteiger partial charge in [-0.25, -0.2) is 0 Å². The molecule has 0 aliphatic rings. The average Bonchev–Trinajstić information content (AvgIpc) is 4.09. The van der Waals surface area contributed by atoms with E-state index in [9.17, 15) is 0 Å². The molecule has 64 heavy (non-hydrogen) atoms. The summed E-state index contributed by atoms with van der Waals surface area (Å²) in [7, 11) is 0. The predicted molar refractivity (Wildman–Crippen MR) is 263 cm³/mol. The normalized spacial score (nSPS) is 12.1. The van der Waals surface area contributed by atoms with Gasteiger partial charge in [0.25, 0.3) is 0 Å². The standard InChI is InChI=1S/C57H35N7/c1-4-18-36(19-5-1)55-58-56(63-45-30-16-12-26-41(45)53-49(63)34-32-47-51(53)39-24-10-14-28-43(39)61(47)37-20-6-2-7-21-37)60-57(59-55)64-46-31-17-13-27-42(46)54-50(64)35-33-48-52(54)40-25-11-15-29-44(40)62(48)38-22-8-3-9-23-38/h1-35H. The smallest absolute Gasteiger partial charge is 0.240 e. The van der Waals surface area contributed by atoms with Gasteiger partial charge in [0.15, 0.2) is 5.82 Å². The lowest BCUT2D eigenvalue weighted by Crippen LogP contribution is -2.10. The monoisotopic (exact) mass is 817 g/mol. The summed E-state index contributed by atoms with van der Waals surface area (Å²) in [5.74, 6) is 1.70. The molecule has 5 heterocycles. The number of nitrogens with zero attached hydrogens (tertiary/aromatic N) is 7. The van der Waals surface area contributed by atoms with Gasteiger partial charge in [-0.05, 0) is 72.8 Å². The van der Waals surface area contributed by atoms with Crippen molar-refractivity contribution in [1.29, 1.82) is 0 Å². The molecule has 0 saturated heterocycles. The number of benzene rings is 9. The highest BCUT2D eigenvalue weighted by atomic mass is 15.3. The van der Waals surface area contributed by atoms with Gasteiger partial charge in [0.05, 0.1) is 44.1 Å². The van der Waals surface area contributed by atoms with Crippen LogP contribution in [0.1, 0.15) is 0 Å². The Bertz CT molecular complexity index is 3930. The Balaban J connectivity index is 1.09. The first-order chi connectivity index (χ1) is 31.8. The van der Waals surface area contributed by atoms with Gasteiger partial charge >= 0.3 is 0 Å². The van der Waals surface area contributed by atoms with Crippen molar-refractivity contribution in [1.82, 2.24) is 33.2 Å². The molecule has 0 atom stereocenters. The Morgan fingerprint density at radius 2 is 0.531 bits per heavy atom. The van der Waals surface area contributed by atoms with Crippen LogP contribution in [0.4, 0.5) is 0 Å². The Morgan fingerprint density at radius 1 is 0.234 bits per heavy atom. The first-order valence-corrected chi connectivity index (χ1v) is 21.6. The third kappa shape index (κ3) is 4.83. The summed E-state index contributed by atoms with van der Waals surface area (Å²) >= 11 is 0. The quantitative estimate of drug-likeness (QED) is 0.174. The summed E-state index contributed by atoms with van der Waals surface area (Å²) in [6.07, 6.45) is 0. The molecule has 5 aromatic heterocycles. The van der Waals surface area contributed by atoms with Gasteiger partial charge in [0.1, 0.15) is 0 Å². The Labute approximate surface area is 366 Å². The minimum Gasteiger partial charge on any atom is -0.309 e. The maximum Gasteiger partial charge on any atom is 0.240 e. The van der Waals surface area contributed by atoms with Crippen molar-refractivity contribution in [2.45, 2.75) is 0 Å². The summed E-state index contributed by atoms with van der Waals surface area (Å²) < 4.78 is 9.22. The molecule has 0 fully saturated rings. The van der Waals surface area contributed by atoms with Crippen molar-refractivity contribution in [2.24, 2.45) is 0 Å². The van der Waals surface area contributed by atoms with Gasteiger partial charge in [0, 0.05) is 60.0 Å². The highest BCUT2D eigenvalue weighted by molar-refractivity contribution is 6.30. The third-order valence-corrected chi connectivity index (χ3v) is 13.0. The molecule has 0 aliphatic heterocycles. The van der Waals surface area contributed by atoms with E-state index in [1.807, 2.05) is 18.2 Å². The molecular formula is C57H35N7. The molecule has 0 N–H and O–H groups in total. The lowest BCUT2D eigenvalue weighted by atomic mass is 10.1. The van der Waals surface area contributed by atoms with Crippen molar-refractivity contribution in [2.75, 3.05) is 0 Å². The predicted octanol–water partition coefficient (Wildman–Crippen LogP) is 13.9. The van der Waals surface area contributed by atoms with Crippen molar-refractivity contribution < 1.29 is 0 Å². The number of para-hydroxylation sites is 6. The molecule has 0 spiro atoms. The second-order valence-electron chi connectivity index (χ2n) is 16.4. The number of rotatable bonds is 5. The SMILES string of the molecule is c1ccc(-c2nc(-n3c4ccccc4c4c5c6ccccc6n(-c6ccccc6)c5ccc43)nc(-n3c4ccccc4c4c5c6ccccc6n(-c6ccccc6)c5ccc43)n2)cc1. The maximum atomic E-state index is 5.53. The van der Waals surface area contributed by atoms with Gasteiger partial charge < -0.3 is 9.13 Å². The summed E-state index contributed by atoms with van der Waals surface area (Å²) in [5.41, 5.74) is 11.9. The van der Waals surface area contributed by atoms with E-state index in [4.69, 9.17) is 15.0 Å². The molecule has 0 bridgehead atoms. The van der Waals surface area contributed by atoms with Crippen LogP contribution in [0.15, 0.2) is 212 Å². The second kappa shape index (κ2) is 13.3. The third-order valence-electron chi connectivity index (χ3n) is 13.0. The molecule has 0 unspecified atom stereocenters. The fourth-order valence-electron chi connectivity index (χ4n) is 10.4. The molecular weight excluding hydrogens is 783 g/mol. The first-order valence-electron chi connectivity index (χ1n) is 21.6. The van der Waals surface area contributed by atoms with Crippen LogP contribution in [-0.4, -0.2) is 33.2 Å². The molecule has 0 saturated carbocycles. The molecule has 7 nitrogen and oxygen atoms in total. The van der Waals surface area contributed by atoms with Crippen molar-refractivity contribution >= 4 is 87.2 Å². The lowest BCUT2D eigenvalue weighted by Gasteiger charge is -2.13. The first kappa shape index (κ1) is 34.9. The van der Waals surface area contributed by atoms with Crippen LogP contribution in [0.25, 0.3) is 122 Å². The summed E-state index contributed by atoms with van der Waals surface area (Å²) in [4.78, 5) is 16.2. The van der Waals surface area contributed by atoms with E-state index in [1.54, 1.807) is 0 Å². The van der Waals surface area contributed by atoms with E-state index < -0.39 is 0 Å². The van der Waals surface area contributed by atoms with Gasteiger partial charge in [-0.2, -0.15) is 15.0 Å². The summed E-state index contributed by atoms with van der Waals surface area (Å²) in [6.45, 7) is 0. The molecule has 0 aliphatic carbocycles. The van der Waals surface area contributed by atoms with Crippen LogP contribution in [0.2, 0.25) is 0 Å². The molecule has 9 aromatic carbocycles. The fourth-order valence-corrected chi connectivity index (χ4v) is 10.4. The zero-order valence-electron chi connectivity index (χ0n) is 34.3. The largest absolute Gasteiger partial charge is 0.309 e. The fraction of sp³-hybridized carbons (Fsp3) is 0. The number of hydrogen-bond donors (Lipinski definition) is 0. The number of fused-ring (bicyclic) bond motifs is 14. The van der Waals surface area contributed by atoms with Crippen molar-refractivity contribution in [3.05, 3.63) is 212 Å². The average molecular weight is 818 g/mol. The van der Waals surface area contributed by atoms with Crippen LogP contribution in [0.3, 0.4) is 0 Å². The van der Waals surface area contributed by atoms with E-state index in [1.165, 1.54) is 21.5 Å². The van der Waals surface area contributed by atoms with Gasteiger partial charge in [0.2, 0.25) is 11.9 Å². The topological polar surface area (TPSA) is 58.4 Å². The zero-order chi connectivity index (χ0) is 41.9. The highest BCUT2D eigenvalue weighted by Crippen LogP contribution is 2.44. The summed E-state index contributed by atoms with van der Waals surface area (Å²) in [6, 6.07) is 75.2. The van der Waals surface area contributed by atoms with Gasteiger partial charge in [-0.1, -0.05) is 140 Å². The van der Waals surface area contributed by atoms with E-state index in [0.29, 0.717) is 17.7 Å². The maximum absolute atomic E-state index is 5.53. The van der Waals surface area contributed by atoms with E-state index in [2.05, 4.69) is 212 Å². The Kier molecular flexibility index (Phi) is 7.27. The molecule has 0 amide bonds. The highest BCUT2D eigenvalue weighted by Gasteiger charge is 2.25. The van der Waals surface area contributed by atoms with Crippen LogP contribution in [0, 0.1) is 0 Å². The van der Waals surface area contributed by atoms with Crippen LogP contribution < -0.4 is 0 Å². The minimum atomic E-state index is 0.550. The van der Waals surface area contributed by atoms with Crippen molar-refractivity contribution in [3.8, 4) is 34.7 Å². The molecule has 7 heteroatoms. The van der Waals surface area contributed by atoms with Crippen LogP contribution in [-0.2, 0) is 0 Å². The minimum absolute atomic E-state index is 0.550. The molecule has 0 radical (unpaired) electrons. The van der Waals surface area contributed by atoms with Gasteiger partial charge in [-0.15, -0.1) is 0 Å². The molecule has 298 valence electrons.